The third-order valence-electron chi connectivity index (χ3n) is 3.43. The second-order valence-corrected chi connectivity index (χ2v) is 5.37. The summed E-state index contributed by atoms with van der Waals surface area (Å²) in [6.07, 6.45) is 1.50. The Bertz CT molecular complexity index is 490. The standard InChI is InChI=1S/C16H22FNO3/c1-11(7-9-13-5-3-4-6-14(13)17)16(21)18-12(2)8-10-15(19)20/h3-6,11-12H,7-10H2,1-2H3,(H,18,21)(H,19,20). The summed E-state index contributed by atoms with van der Waals surface area (Å²) in [5.74, 6) is -1.48. The quantitative estimate of drug-likeness (QED) is 0.775. The maximum absolute atomic E-state index is 13.5. The van der Waals surface area contributed by atoms with Crippen LogP contribution in [-0.4, -0.2) is 23.0 Å². The molecule has 0 bridgehead atoms. The number of hydrogen-bond donors (Lipinski definition) is 2. The molecule has 2 atom stereocenters. The Morgan fingerprint density at radius 1 is 1.24 bits per heavy atom. The summed E-state index contributed by atoms with van der Waals surface area (Å²) >= 11 is 0. The molecule has 2 unspecified atom stereocenters. The van der Waals surface area contributed by atoms with Crippen molar-refractivity contribution in [1.29, 1.82) is 0 Å². The predicted octanol–water partition coefficient (Wildman–Crippen LogP) is 2.76. The Morgan fingerprint density at radius 2 is 1.90 bits per heavy atom. The van der Waals surface area contributed by atoms with Crippen molar-refractivity contribution in [2.45, 2.75) is 45.6 Å². The summed E-state index contributed by atoms with van der Waals surface area (Å²) in [5, 5.41) is 11.4. The van der Waals surface area contributed by atoms with Gasteiger partial charge in [0.2, 0.25) is 5.91 Å². The fourth-order valence-corrected chi connectivity index (χ4v) is 2.00. The summed E-state index contributed by atoms with van der Waals surface area (Å²) in [6, 6.07) is 6.37. The molecule has 5 heteroatoms. The van der Waals surface area contributed by atoms with Crippen molar-refractivity contribution in [1.82, 2.24) is 5.32 Å². The van der Waals surface area contributed by atoms with Gasteiger partial charge in [-0.05, 0) is 37.8 Å². The number of rotatable bonds is 8. The van der Waals surface area contributed by atoms with Crippen LogP contribution < -0.4 is 5.32 Å². The van der Waals surface area contributed by atoms with Gasteiger partial charge < -0.3 is 10.4 Å². The van der Waals surface area contributed by atoms with Crippen LogP contribution in [0.15, 0.2) is 24.3 Å². The number of benzene rings is 1. The van der Waals surface area contributed by atoms with Gasteiger partial charge in [0.25, 0.3) is 0 Å². The van der Waals surface area contributed by atoms with E-state index in [2.05, 4.69) is 5.32 Å². The molecule has 116 valence electrons. The van der Waals surface area contributed by atoms with Gasteiger partial charge in [-0.2, -0.15) is 0 Å². The molecule has 1 rings (SSSR count). The maximum Gasteiger partial charge on any atom is 0.303 e. The van der Waals surface area contributed by atoms with Gasteiger partial charge in [0.1, 0.15) is 5.82 Å². The molecule has 0 aliphatic carbocycles. The van der Waals surface area contributed by atoms with E-state index in [0.29, 0.717) is 24.8 Å². The molecule has 0 aromatic heterocycles. The highest BCUT2D eigenvalue weighted by Gasteiger charge is 2.16. The molecular formula is C16H22FNO3. The van der Waals surface area contributed by atoms with Gasteiger partial charge in [0.05, 0.1) is 0 Å². The largest absolute Gasteiger partial charge is 0.481 e. The topological polar surface area (TPSA) is 66.4 Å². The van der Waals surface area contributed by atoms with E-state index in [1.54, 1.807) is 32.0 Å². The number of carboxylic acids is 1. The highest BCUT2D eigenvalue weighted by molar-refractivity contribution is 5.78. The first-order chi connectivity index (χ1) is 9.90. The molecule has 0 saturated heterocycles. The average Bonchev–Trinajstić information content (AvgIpc) is 2.43. The minimum Gasteiger partial charge on any atom is -0.481 e. The molecule has 1 amide bonds. The lowest BCUT2D eigenvalue weighted by molar-refractivity contribution is -0.137. The van der Waals surface area contributed by atoms with Gasteiger partial charge in [-0.1, -0.05) is 25.1 Å². The van der Waals surface area contributed by atoms with E-state index < -0.39 is 5.97 Å². The van der Waals surface area contributed by atoms with Crippen LogP contribution in [0.25, 0.3) is 0 Å². The molecule has 0 aliphatic heterocycles. The first-order valence-corrected chi connectivity index (χ1v) is 7.15. The molecule has 0 heterocycles. The van der Waals surface area contributed by atoms with Gasteiger partial charge in [-0.25, -0.2) is 4.39 Å². The van der Waals surface area contributed by atoms with Gasteiger partial charge in [-0.3, -0.25) is 9.59 Å². The zero-order valence-electron chi connectivity index (χ0n) is 12.4. The molecule has 21 heavy (non-hydrogen) atoms. The van der Waals surface area contributed by atoms with Crippen molar-refractivity contribution >= 4 is 11.9 Å². The molecule has 1 aromatic carbocycles. The van der Waals surface area contributed by atoms with Gasteiger partial charge in [0.15, 0.2) is 0 Å². The first-order valence-electron chi connectivity index (χ1n) is 7.15. The molecule has 0 saturated carbocycles. The fraction of sp³-hybridized carbons (Fsp3) is 0.500. The highest BCUT2D eigenvalue weighted by atomic mass is 19.1. The Morgan fingerprint density at radius 3 is 2.52 bits per heavy atom. The van der Waals surface area contributed by atoms with Crippen LogP contribution >= 0.6 is 0 Å². The minimum atomic E-state index is -0.872. The third-order valence-corrected chi connectivity index (χ3v) is 3.43. The predicted molar refractivity (Wildman–Crippen MR) is 78.4 cm³/mol. The summed E-state index contributed by atoms with van der Waals surface area (Å²) in [4.78, 5) is 22.4. The summed E-state index contributed by atoms with van der Waals surface area (Å²) in [6.45, 7) is 3.57. The maximum atomic E-state index is 13.5. The molecule has 0 spiro atoms. The van der Waals surface area contributed by atoms with Crippen LogP contribution in [0.1, 0.15) is 38.7 Å². The van der Waals surface area contributed by atoms with Gasteiger partial charge in [-0.15, -0.1) is 0 Å². The van der Waals surface area contributed by atoms with Crippen molar-refractivity contribution < 1.29 is 19.1 Å². The number of halogens is 1. The molecule has 0 aliphatic rings. The van der Waals surface area contributed by atoms with E-state index in [1.165, 1.54) is 6.07 Å². The van der Waals surface area contributed by atoms with E-state index in [9.17, 15) is 14.0 Å². The molecule has 0 fully saturated rings. The van der Waals surface area contributed by atoms with Crippen molar-refractivity contribution in [3.8, 4) is 0 Å². The van der Waals surface area contributed by atoms with Gasteiger partial charge >= 0.3 is 5.97 Å². The average molecular weight is 295 g/mol. The number of aryl methyl sites for hydroxylation is 1. The van der Waals surface area contributed by atoms with Crippen molar-refractivity contribution in [2.75, 3.05) is 0 Å². The van der Waals surface area contributed by atoms with E-state index in [-0.39, 0.29) is 30.1 Å². The fourth-order valence-electron chi connectivity index (χ4n) is 2.00. The SMILES string of the molecule is CC(CCC(=O)O)NC(=O)C(C)CCc1ccccc1F. The number of carbonyl (C=O) groups excluding carboxylic acids is 1. The normalized spacial score (nSPS) is 13.5. The van der Waals surface area contributed by atoms with Crippen molar-refractivity contribution in [3.05, 3.63) is 35.6 Å². The highest BCUT2D eigenvalue weighted by Crippen LogP contribution is 2.13. The van der Waals surface area contributed by atoms with E-state index in [1.807, 2.05) is 0 Å². The molecular weight excluding hydrogens is 273 g/mol. The lowest BCUT2D eigenvalue weighted by Crippen LogP contribution is -2.36. The Labute approximate surface area is 124 Å². The number of carbonyl (C=O) groups is 2. The summed E-state index contributed by atoms with van der Waals surface area (Å²) in [5.41, 5.74) is 0.607. The Balaban J connectivity index is 2.37. The zero-order valence-corrected chi connectivity index (χ0v) is 12.4. The summed E-state index contributed by atoms with van der Waals surface area (Å²) < 4.78 is 13.5. The van der Waals surface area contributed by atoms with Crippen molar-refractivity contribution in [3.63, 3.8) is 0 Å². The van der Waals surface area contributed by atoms with Crippen LogP contribution in [0.2, 0.25) is 0 Å². The van der Waals surface area contributed by atoms with Crippen LogP contribution in [-0.2, 0) is 16.0 Å². The minimum absolute atomic E-state index is 0.0328. The first kappa shape index (κ1) is 17.1. The van der Waals surface area contributed by atoms with Crippen LogP contribution in [0.3, 0.4) is 0 Å². The smallest absolute Gasteiger partial charge is 0.303 e. The van der Waals surface area contributed by atoms with Crippen LogP contribution in [0.5, 0.6) is 0 Å². The number of nitrogens with one attached hydrogen (secondary N) is 1. The molecule has 2 N–H and O–H groups in total. The molecule has 4 nitrogen and oxygen atoms in total. The van der Waals surface area contributed by atoms with E-state index >= 15 is 0 Å². The Kier molecular flexibility index (Phi) is 6.85. The number of carboxylic acid groups (broad SMARTS) is 1. The Hall–Kier alpha value is -1.91. The third kappa shape index (κ3) is 6.38. The number of amides is 1. The second kappa shape index (κ2) is 8.39. The monoisotopic (exact) mass is 295 g/mol. The van der Waals surface area contributed by atoms with Gasteiger partial charge in [0, 0.05) is 18.4 Å². The lowest BCUT2D eigenvalue weighted by atomic mass is 9.99. The van der Waals surface area contributed by atoms with Crippen molar-refractivity contribution in [2.24, 2.45) is 5.92 Å². The second-order valence-electron chi connectivity index (χ2n) is 5.37. The van der Waals surface area contributed by atoms with Crippen LogP contribution in [0.4, 0.5) is 4.39 Å². The van der Waals surface area contributed by atoms with E-state index in [0.717, 1.165) is 0 Å². The molecule has 0 radical (unpaired) electrons. The number of hydrogen-bond acceptors (Lipinski definition) is 2. The lowest BCUT2D eigenvalue weighted by Gasteiger charge is -2.17. The van der Waals surface area contributed by atoms with E-state index in [4.69, 9.17) is 5.11 Å². The zero-order chi connectivity index (χ0) is 15.8. The summed E-state index contributed by atoms with van der Waals surface area (Å²) in [7, 11) is 0. The molecule has 1 aromatic rings. The number of aliphatic carboxylic acids is 1. The van der Waals surface area contributed by atoms with Crippen LogP contribution in [0, 0.1) is 11.7 Å².